The Morgan fingerprint density at radius 1 is 1.18 bits per heavy atom. The second-order valence-electron chi connectivity index (χ2n) is 3.24. The number of hydrogen-bond donors (Lipinski definition) is 0. The van der Waals surface area contributed by atoms with Crippen molar-refractivity contribution in [3.8, 4) is 0 Å². The van der Waals surface area contributed by atoms with Crippen molar-refractivity contribution in [3.05, 3.63) is 23.8 Å². The Hall–Kier alpha value is -0.763. The minimum absolute atomic E-state index is 1.14. The maximum atomic E-state index is 2.25. The van der Waals surface area contributed by atoms with Gasteiger partial charge in [0.2, 0.25) is 0 Å². The van der Waals surface area contributed by atoms with Crippen LogP contribution in [0.3, 0.4) is 0 Å². The van der Waals surface area contributed by atoms with Crippen molar-refractivity contribution in [1.29, 1.82) is 0 Å². The Bertz CT molecular complexity index is 235. The summed E-state index contributed by atoms with van der Waals surface area (Å²) in [5.41, 5.74) is 2.68. The molecular weight excluding hydrogens is 150 g/mol. The first-order chi connectivity index (χ1) is 5.09. The zero-order valence-electron chi connectivity index (χ0n) is 7.68. The van der Waals surface area contributed by atoms with Crippen LogP contribution < -0.4 is 10.1 Å². The molecule has 0 N–H and O–H groups in total. The van der Waals surface area contributed by atoms with Crippen LogP contribution in [0.4, 0.5) is 5.69 Å². The number of aryl methyl sites for hydroxylation is 1. The van der Waals surface area contributed by atoms with Gasteiger partial charge in [0, 0.05) is 30.0 Å². The van der Waals surface area contributed by atoms with Crippen LogP contribution in [0.2, 0.25) is 0 Å². The molecule has 11 heavy (non-hydrogen) atoms. The molecular formula is C9H15NSi. The fraction of sp³-hybridized carbons (Fsp3) is 0.333. The molecule has 0 amide bonds. The van der Waals surface area contributed by atoms with Gasteiger partial charge in [-0.3, -0.25) is 0 Å². The summed E-state index contributed by atoms with van der Waals surface area (Å²) in [5, 5.41) is 1.47. The van der Waals surface area contributed by atoms with E-state index in [2.05, 4.69) is 44.1 Å². The predicted molar refractivity (Wildman–Crippen MR) is 55.1 cm³/mol. The lowest BCUT2D eigenvalue weighted by Gasteiger charge is -2.13. The van der Waals surface area contributed by atoms with Crippen LogP contribution in [-0.4, -0.2) is 24.3 Å². The molecule has 0 radical (unpaired) electrons. The second kappa shape index (κ2) is 3.09. The highest BCUT2D eigenvalue weighted by molar-refractivity contribution is 6.32. The molecule has 0 aliphatic carbocycles. The van der Waals surface area contributed by atoms with E-state index < -0.39 is 0 Å². The lowest BCUT2D eigenvalue weighted by Crippen LogP contribution is -2.12. The van der Waals surface area contributed by atoms with Crippen LogP contribution in [0, 0.1) is 6.92 Å². The van der Waals surface area contributed by atoms with Crippen LogP contribution in [-0.2, 0) is 0 Å². The molecule has 1 rings (SSSR count). The van der Waals surface area contributed by atoms with Crippen molar-refractivity contribution in [2.45, 2.75) is 6.92 Å². The van der Waals surface area contributed by atoms with E-state index in [1.807, 2.05) is 0 Å². The van der Waals surface area contributed by atoms with Gasteiger partial charge < -0.3 is 4.90 Å². The third-order valence-corrected chi connectivity index (χ3v) is 2.30. The summed E-state index contributed by atoms with van der Waals surface area (Å²) in [6, 6.07) is 6.71. The molecule has 0 heterocycles. The lowest BCUT2D eigenvalue weighted by molar-refractivity contribution is 1.13. The molecule has 0 saturated heterocycles. The molecule has 0 aliphatic rings. The van der Waals surface area contributed by atoms with E-state index in [4.69, 9.17) is 0 Å². The predicted octanol–water partition coefficient (Wildman–Crippen LogP) is 0.0517. The van der Waals surface area contributed by atoms with E-state index in [-0.39, 0.29) is 0 Å². The minimum atomic E-state index is 1.14. The Labute approximate surface area is 71.5 Å². The monoisotopic (exact) mass is 165 g/mol. The molecule has 0 fully saturated rings. The molecule has 0 spiro atoms. The van der Waals surface area contributed by atoms with Gasteiger partial charge in [0.05, 0.1) is 0 Å². The third-order valence-electron chi connectivity index (χ3n) is 1.72. The van der Waals surface area contributed by atoms with Crippen molar-refractivity contribution < 1.29 is 0 Å². The smallest absolute Gasteiger partial charge is 0.0386 e. The summed E-state index contributed by atoms with van der Waals surface area (Å²) in [5.74, 6) is 0. The highest BCUT2D eigenvalue weighted by atomic mass is 28.1. The van der Waals surface area contributed by atoms with Crippen molar-refractivity contribution >= 4 is 21.1 Å². The first-order valence-corrected chi connectivity index (χ1v) is 4.85. The van der Waals surface area contributed by atoms with Gasteiger partial charge in [-0.2, -0.15) is 0 Å². The summed E-state index contributed by atoms with van der Waals surface area (Å²) in [6.07, 6.45) is 0. The largest absolute Gasteiger partial charge is 0.378 e. The quantitative estimate of drug-likeness (QED) is 0.532. The summed E-state index contributed by atoms with van der Waals surface area (Å²) < 4.78 is 0. The van der Waals surface area contributed by atoms with Crippen LogP contribution in [0.1, 0.15) is 5.56 Å². The SMILES string of the molecule is Cc1cc([SiH3])cc(N(C)C)c1. The Morgan fingerprint density at radius 2 is 1.82 bits per heavy atom. The zero-order valence-corrected chi connectivity index (χ0v) is 9.68. The van der Waals surface area contributed by atoms with E-state index in [0.717, 1.165) is 10.2 Å². The molecule has 0 unspecified atom stereocenters. The fourth-order valence-corrected chi connectivity index (χ4v) is 1.96. The first kappa shape index (κ1) is 8.33. The molecule has 1 aromatic rings. The van der Waals surface area contributed by atoms with E-state index in [1.54, 1.807) is 0 Å². The number of rotatable bonds is 1. The van der Waals surface area contributed by atoms with Crippen LogP contribution in [0.5, 0.6) is 0 Å². The first-order valence-electron chi connectivity index (χ1n) is 3.85. The molecule has 1 aromatic carbocycles. The molecule has 2 heteroatoms. The maximum absolute atomic E-state index is 2.25. The van der Waals surface area contributed by atoms with Gasteiger partial charge >= 0.3 is 0 Å². The number of nitrogens with zero attached hydrogens (tertiary/aromatic N) is 1. The second-order valence-corrected chi connectivity index (χ2v) is 4.40. The normalized spacial score (nSPS) is 10.1. The van der Waals surface area contributed by atoms with E-state index in [0.29, 0.717) is 0 Å². The van der Waals surface area contributed by atoms with Crippen molar-refractivity contribution in [2.75, 3.05) is 19.0 Å². The number of anilines is 1. The summed E-state index contributed by atoms with van der Waals surface area (Å²) in [7, 11) is 5.30. The molecule has 0 bridgehead atoms. The number of benzene rings is 1. The molecule has 0 aliphatic heterocycles. The van der Waals surface area contributed by atoms with Crippen molar-refractivity contribution in [1.82, 2.24) is 0 Å². The molecule has 60 valence electrons. The van der Waals surface area contributed by atoms with Crippen LogP contribution in [0.15, 0.2) is 18.2 Å². The average molecular weight is 165 g/mol. The summed E-state index contributed by atoms with van der Waals surface area (Å²) in [6.45, 7) is 2.15. The summed E-state index contributed by atoms with van der Waals surface area (Å²) in [4.78, 5) is 2.15. The zero-order chi connectivity index (χ0) is 8.43. The van der Waals surface area contributed by atoms with Crippen molar-refractivity contribution in [3.63, 3.8) is 0 Å². The molecule has 0 atom stereocenters. The highest BCUT2D eigenvalue weighted by Crippen LogP contribution is 2.10. The van der Waals surface area contributed by atoms with Crippen LogP contribution in [0.25, 0.3) is 0 Å². The highest BCUT2D eigenvalue weighted by Gasteiger charge is 1.95. The van der Waals surface area contributed by atoms with E-state index >= 15 is 0 Å². The number of hydrogen-bond acceptors (Lipinski definition) is 1. The topological polar surface area (TPSA) is 3.24 Å². The molecule has 0 aromatic heterocycles. The fourth-order valence-electron chi connectivity index (χ4n) is 1.21. The third kappa shape index (κ3) is 2.08. The molecule has 1 nitrogen and oxygen atoms in total. The standard InChI is InChI=1S/C9H15NSi/c1-7-4-8(10(2)3)6-9(11)5-7/h4-6H,1-3,11H3. The average Bonchev–Trinajstić information content (AvgIpc) is 1.85. The Kier molecular flexibility index (Phi) is 2.34. The van der Waals surface area contributed by atoms with E-state index in [9.17, 15) is 0 Å². The van der Waals surface area contributed by atoms with Crippen LogP contribution >= 0.6 is 0 Å². The van der Waals surface area contributed by atoms with Gasteiger partial charge in [0.25, 0.3) is 0 Å². The van der Waals surface area contributed by atoms with Gasteiger partial charge in [0.15, 0.2) is 0 Å². The van der Waals surface area contributed by atoms with Gasteiger partial charge in [-0.1, -0.05) is 11.3 Å². The van der Waals surface area contributed by atoms with E-state index in [1.165, 1.54) is 16.4 Å². The Morgan fingerprint density at radius 3 is 2.27 bits per heavy atom. The van der Waals surface area contributed by atoms with Gasteiger partial charge in [-0.15, -0.1) is 0 Å². The minimum Gasteiger partial charge on any atom is -0.378 e. The lowest BCUT2D eigenvalue weighted by atomic mass is 10.2. The summed E-state index contributed by atoms with van der Waals surface area (Å²) >= 11 is 0. The van der Waals surface area contributed by atoms with Gasteiger partial charge in [0.1, 0.15) is 0 Å². The van der Waals surface area contributed by atoms with Gasteiger partial charge in [-0.25, -0.2) is 0 Å². The molecule has 0 saturated carbocycles. The van der Waals surface area contributed by atoms with Crippen molar-refractivity contribution in [2.24, 2.45) is 0 Å². The Balaban J connectivity index is 3.08. The maximum Gasteiger partial charge on any atom is 0.0386 e. The van der Waals surface area contributed by atoms with Gasteiger partial charge in [-0.05, 0) is 24.6 Å².